The zero-order chi connectivity index (χ0) is 14.2. The highest BCUT2D eigenvalue weighted by Crippen LogP contribution is 2.21. The summed E-state index contributed by atoms with van der Waals surface area (Å²) in [5, 5.41) is 11.8. The van der Waals surface area contributed by atoms with Gasteiger partial charge in [0.25, 0.3) is 0 Å². The maximum atomic E-state index is 11.5. The molecule has 6 nitrogen and oxygen atoms in total. The SMILES string of the molecule is CN(c1ccc(CNC2CC2)nn1)C1CCS(=O)(=O)C1. The summed E-state index contributed by atoms with van der Waals surface area (Å²) in [6.07, 6.45) is 3.18. The lowest BCUT2D eigenvalue weighted by molar-refractivity contribution is 0.600. The van der Waals surface area contributed by atoms with Crippen LogP contribution in [0, 0.1) is 0 Å². The van der Waals surface area contributed by atoms with Crippen LogP contribution >= 0.6 is 0 Å². The summed E-state index contributed by atoms with van der Waals surface area (Å²) in [5.41, 5.74) is 0.924. The first-order chi connectivity index (χ1) is 9.53. The second-order valence-electron chi connectivity index (χ2n) is 5.71. The van der Waals surface area contributed by atoms with Gasteiger partial charge in [0.1, 0.15) is 0 Å². The largest absolute Gasteiger partial charge is 0.354 e. The standard InChI is InChI=1S/C13H20N4O2S/c1-17(12-6-7-20(18,19)9-12)13-5-4-11(15-16-13)8-14-10-2-3-10/h4-5,10,12,14H,2-3,6-9H2,1H3. The molecule has 1 saturated carbocycles. The van der Waals surface area contributed by atoms with E-state index < -0.39 is 9.84 Å². The molecule has 1 aromatic rings. The number of nitrogens with one attached hydrogen (secondary N) is 1. The zero-order valence-electron chi connectivity index (χ0n) is 11.6. The highest BCUT2D eigenvalue weighted by molar-refractivity contribution is 7.91. The number of hydrogen-bond donors (Lipinski definition) is 1. The fourth-order valence-electron chi connectivity index (χ4n) is 2.44. The number of anilines is 1. The fourth-order valence-corrected chi connectivity index (χ4v) is 4.21. The molecule has 20 heavy (non-hydrogen) atoms. The van der Waals surface area contributed by atoms with E-state index in [1.165, 1.54) is 12.8 Å². The number of sulfone groups is 1. The first-order valence-corrected chi connectivity index (χ1v) is 8.85. The highest BCUT2D eigenvalue weighted by Gasteiger charge is 2.31. The van der Waals surface area contributed by atoms with E-state index in [9.17, 15) is 8.42 Å². The van der Waals surface area contributed by atoms with Gasteiger partial charge in [-0.3, -0.25) is 0 Å². The molecule has 1 atom stereocenters. The summed E-state index contributed by atoms with van der Waals surface area (Å²) < 4.78 is 23.0. The van der Waals surface area contributed by atoms with Crippen LogP contribution in [-0.4, -0.2) is 49.3 Å². The minimum absolute atomic E-state index is 0.0183. The normalized spacial score (nSPS) is 24.8. The monoisotopic (exact) mass is 296 g/mol. The Morgan fingerprint density at radius 3 is 2.65 bits per heavy atom. The first kappa shape index (κ1) is 13.8. The fraction of sp³-hybridized carbons (Fsp3) is 0.692. The first-order valence-electron chi connectivity index (χ1n) is 7.03. The molecule has 1 aliphatic carbocycles. The molecule has 1 saturated heterocycles. The molecule has 1 aromatic heterocycles. The van der Waals surface area contributed by atoms with Gasteiger partial charge in [-0.2, -0.15) is 5.10 Å². The third-order valence-corrected chi connectivity index (χ3v) is 5.72. The minimum Gasteiger partial charge on any atom is -0.354 e. The Morgan fingerprint density at radius 1 is 1.30 bits per heavy atom. The Morgan fingerprint density at radius 2 is 2.10 bits per heavy atom. The van der Waals surface area contributed by atoms with Crippen molar-refractivity contribution in [2.24, 2.45) is 0 Å². The predicted molar refractivity (Wildman–Crippen MR) is 77.4 cm³/mol. The number of rotatable bonds is 5. The van der Waals surface area contributed by atoms with Crippen LogP contribution in [0.4, 0.5) is 5.82 Å². The van der Waals surface area contributed by atoms with E-state index in [-0.39, 0.29) is 17.5 Å². The highest BCUT2D eigenvalue weighted by atomic mass is 32.2. The molecule has 0 radical (unpaired) electrons. The summed E-state index contributed by atoms with van der Waals surface area (Å²) in [6, 6.07) is 4.55. The predicted octanol–water partition coefficient (Wildman–Crippen LogP) is 0.352. The molecular formula is C13H20N4O2S. The van der Waals surface area contributed by atoms with E-state index in [0.29, 0.717) is 12.5 Å². The van der Waals surface area contributed by atoms with Crippen molar-refractivity contribution in [1.82, 2.24) is 15.5 Å². The van der Waals surface area contributed by atoms with Crippen LogP contribution in [-0.2, 0) is 16.4 Å². The van der Waals surface area contributed by atoms with Gasteiger partial charge in [-0.15, -0.1) is 5.10 Å². The van der Waals surface area contributed by atoms with Crippen LogP contribution in [0.2, 0.25) is 0 Å². The second kappa shape index (κ2) is 5.29. The van der Waals surface area contributed by atoms with Crippen LogP contribution in [0.3, 0.4) is 0 Å². The number of aromatic nitrogens is 2. The van der Waals surface area contributed by atoms with Crippen LogP contribution < -0.4 is 10.2 Å². The summed E-state index contributed by atoms with van der Waals surface area (Å²) in [5.74, 6) is 1.23. The average molecular weight is 296 g/mol. The molecule has 0 bridgehead atoms. The maximum Gasteiger partial charge on any atom is 0.152 e. The molecule has 110 valence electrons. The van der Waals surface area contributed by atoms with Crippen molar-refractivity contribution in [2.75, 3.05) is 23.5 Å². The zero-order valence-corrected chi connectivity index (χ0v) is 12.4. The van der Waals surface area contributed by atoms with Crippen molar-refractivity contribution < 1.29 is 8.42 Å². The van der Waals surface area contributed by atoms with Gasteiger partial charge >= 0.3 is 0 Å². The molecule has 1 aliphatic heterocycles. The average Bonchev–Trinajstić information content (AvgIpc) is 3.19. The smallest absolute Gasteiger partial charge is 0.152 e. The lowest BCUT2D eigenvalue weighted by atomic mass is 10.2. The summed E-state index contributed by atoms with van der Waals surface area (Å²) in [6.45, 7) is 0.749. The Bertz CT molecular complexity index is 569. The molecule has 3 rings (SSSR count). The van der Waals surface area contributed by atoms with E-state index in [4.69, 9.17) is 0 Å². The summed E-state index contributed by atoms with van der Waals surface area (Å²) >= 11 is 0. The molecule has 0 aromatic carbocycles. The van der Waals surface area contributed by atoms with Crippen molar-refractivity contribution in [1.29, 1.82) is 0 Å². The van der Waals surface area contributed by atoms with E-state index in [0.717, 1.165) is 18.1 Å². The van der Waals surface area contributed by atoms with Gasteiger partial charge in [0, 0.05) is 25.7 Å². The van der Waals surface area contributed by atoms with Crippen LogP contribution in [0.1, 0.15) is 25.0 Å². The third kappa shape index (κ3) is 3.27. The van der Waals surface area contributed by atoms with Crippen molar-refractivity contribution in [3.8, 4) is 0 Å². The topological polar surface area (TPSA) is 75.2 Å². The molecule has 2 heterocycles. The lowest BCUT2D eigenvalue weighted by Crippen LogP contribution is -2.33. The minimum atomic E-state index is -2.87. The number of hydrogen-bond acceptors (Lipinski definition) is 6. The van der Waals surface area contributed by atoms with Crippen LogP contribution in [0.25, 0.3) is 0 Å². The van der Waals surface area contributed by atoms with Crippen LogP contribution in [0.5, 0.6) is 0 Å². The van der Waals surface area contributed by atoms with Crippen molar-refractivity contribution in [3.05, 3.63) is 17.8 Å². The summed E-state index contributed by atoms with van der Waals surface area (Å²) in [7, 11) is -0.981. The second-order valence-corrected chi connectivity index (χ2v) is 7.93. The molecule has 1 unspecified atom stereocenters. The van der Waals surface area contributed by atoms with Gasteiger partial charge < -0.3 is 10.2 Å². The third-order valence-electron chi connectivity index (χ3n) is 3.97. The maximum absolute atomic E-state index is 11.5. The summed E-state index contributed by atoms with van der Waals surface area (Å²) in [4.78, 5) is 1.93. The molecule has 2 fully saturated rings. The molecule has 1 N–H and O–H groups in total. The number of nitrogens with zero attached hydrogens (tertiary/aromatic N) is 3. The Labute approximate surface area is 119 Å². The molecule has 2 aliphatic rings. The van der Waals surface area contributed by atoms with Gasteiger partial charge in [0.2, 0.25) is 0 Å². The van der Waals surface area contributed by atoms with Gasteiger partial charge in [-0.1, -0.05) is 0 Å². The van der Waals surface area contributed by atoms with Crippen molar-refractivity contribution in [2.45, 2.75) is 37.9 Å². The van der Waals surface area contributed by atoms with E-state index >= 15 is 0 Å². The quantitative estimate of drug-likeness (QED) is 0.845. The molecular weight excluding hydrogens is 276 g/mol. The van der Waals surface area contributed by atoms with Crippen LogP contribution in [0.15, 0.2) is 12.1 Å². The van der Waals surface area contributed by atoms with E-state index in [2.05, 4.69) is 15.5 Å². The molecule has 0 amide bonds. The lowest BCUT2D eigenvalue weighted by Gasteiger charge is -2.23. The van der Waals surface area contributed by atoms with E-state index in [1.807, 2.05) is 24.1 Å². The van der Waals surface area contributed by atoms with Gasteiger partial charge in [-0.05, 0) is 31.4 Å². The molecule has 0 spiro atoms. The van der Waals surface area contributed by atoms with E-state index in [1.54, 1.807) is 0 Å². The Hall–Kier alpha value is -1.21. The van der Waals surface area contributed by atoms with Crippen molar-refractivity contribution in [3.63, 3.8) is 0 Å². The van der Waals surface area contributed by atoms with Crippen molar-refractivity contribution >= 4 is 15.7 Å². The van der Waals surface area contributed by atoms with Gasteiger partial charge in [-0.25, -0.2) is 8.42 Å². The Kier molecular flexibility index (Phi) is 3.64. The molecule has 7 heteroatoms. The Balaban J connectivity index is 1.61. The van der Waals surface area contributed by atoms with Gasteiger partial charge in [0.05, 0.1) is 17.2 Å². The van der Waals surface area contributed by atoms with Gasteiger partial charge in [0.15, 0.2) is 15.7 Å².